The van der Waals surface area contributed by atoms with Crippen LogP contribution in [0.4, 0.5) is 0 Å². The number of nitrogens with one attached hydrogen (secondary N) is 1. The van der Waals surface area contributed by atoms with Gasteiger partial charge in [0.25, 0.3) is 10.0 Å². The van der Waals surface area contributed by atoms with Crippen molar-refractivity contribution in [2.45, 2.75) is 37.2 Å². The molecule has 28 heavy (non-hydrogen) atoms. The lowest BCUT2D eigenvalue weighted by atomic mass is 10.2. The molecule has 0 spiro atoms. The van der Waals surface area contributed by atoms with E-state index in [-0.39, 0.29) is 24.3 Å². The quantitative estimate of drug-likeness (QED) is 0.781. The summed E-state index contributed by atoms with van der Waals surface area (Å²) in [7, 11) is -2.67. The Morgan fingerprint density at radius 3 is 2.79 bits per heavy atom. The molecular formula is C19H21N3O5S. The van der Waals surface area contributed by atoms with Gasteiger partial charge in [0, 0.05) is 25.4 Å². The van der Waals surface area contributed by atoms with Gasteiger partial charge >= 0.3 is 0 Å². The second-order valence-corrected chi connectivity index (χ2v) is 8.27. The van der Waals surface area contributed by atoms with Crippen LogP contribution >= 0.6 is 0 Å². The Labute approximate surface area is 163 Å². The Balaban J connectivity index is 1.82. The number of aromatic nitrogens is 1. The van der Waals surface area contributed by atoms with E-state index in [1.165, 1.54) is 25.3 Å². The minimum atomic E-state index is -4.16. The third kappa shape index (κ3) is 3.84. The second-order valence-electron chi connectivity index (χ2n) is 6.46. The number of hydrogen-bond acceptors (Lipinski definition) is 6. The predicted molar refractivity (Wildman–Crippen MR) is 101 cm³/mol. The zero-order chi connectivity index (χ0) is 20.3. The van der Waals surface area contributed by atoms with Crippen LogP contribution in [-0.4, -0.2) is 42.7 Å². The highest BCUT2D eigenvalue weighted by Crippen LogP contribution is 2.29. The lowest BCUT2D eigenvalue weighted by molar-refractivity contribution is -0.130. The molecule has 1 N–H and O–H groups in total. The van der Waals surface area contributed by atoms with Gasteiger partial charge in [-0.05, 0) is 48.7 Å². The maximum Gasteiger partial charge on any atom is 0.267 e. The maximum absolute atomic E-state index is 13.1. The molecular weight excluding hydrogens is 382 g/mol. The number of amides is 2. The monoisotopic (exact) mass is 403 g/mol. The number of carbonyl (C=O) groups is 2. The molecule has 2 heterocycles. The van der Waals surface area contributed by atoms with Gasteiger partial charge in [0.05, 0.1) is 12.0 Å². The van der Waals surface area contributed by atoms with Crippen LogP contribution in [0.15, 0.2) is 47.6 Å². The molecule has 2 amide bonds. The fourth-order valence-corrected chi connectivity index (χ4v) is 4.82. The molecule has 1 aliphatic rings. The Bertz CT molecular complexity index is 992. The SMILES string of the molecule is COc1ccc(S(=O)(=O)N2C(=O)CC[C@H]2C(=O)NCc2cccnc2)cc1C. The van der Waals surface area contributed by atoms with Gasteiger partial charge in [0.2, 0.25) is 11.8 Å². The topological polar surface area (TPSA) is 106 Å². The van der Waals surface area contributed by atoms with Crippen LogP contribution in [0.2, 0.25) is 0 Å². The first-order valence-electron chi connectivity index (χ1n) is 8.73. The molecule has 0 aliphatic carbocycles. The standard InChI is InChI=1S/C19H21N3O5S/c1-13-10-15(5-7-17(13)27-2)28(25,26)22-16(6-8-18(22)23)19(24)21-12-14-4-3-9-20-11-14/h3-5,7,9-11,16H,6,8,12H2,1-2H3,(H,21,24)/t16-/m0/s1. The average Bonchev–Trinajstić information content (AvgIpc) is 3.09. The molecule has 2 aromatic rings. The van der Waals surface area contributed by atoms with Gasteiger partial charge in [-0.1, -0.05) is 6.07 Å². The molecule has 8 nitrogen and oxygen atoms in total. The van der Waals surface area contributed by atoms with Crippen LogP contribution in [-0.2, 0) is 26.2 Å². The summed E-state index contributed by atoms with van der Waals surface area (Å²) in [6.07, 6.45) is 3.37. The lowest BCUT2D eigenvalue weighted by Gasteiger charge is -2.24. The van der Waals surface area contributed by atoms with Crippen LogP contribution in [0, 0.1) is 6.92 Å². The molecule has 0 unspecified atom stereocenters. The van der Waals surface area contributed by atoms with E-state index in [1.54, 1.807) is 31.5 Å². The van der Waals surface area contributed by atoms with Crippen molar-refractivity contribution in [1.29, 1.82) is 0 Å². The van der Waals surface area contributed by atoms with Crippen molar-refractivity contribution in [1.82, 2.24) is 14.6 Å². The summed E-state index contributed by atoms with van der Waals surface area (Å²) < 4.78 is 32.0. The number of carbonyl (C=O) groups excluding carboxylic acids is 2. The van der Waals surface area contributed by atoms with E-state index in [2.05, 4.69) is 10.3 Å². The first-order valence-corrected chi connectivity index (χ1v) is 10.2. The lowest BCUT2D eigenvalue weighted by Crippen LogP contribution is -2.47. The number of ether oxygens (including phenoxy) is 1. The molecule has 1 fully saturated rings. The summed E-state index contributed by atoms with van der Waals surface area (Å²) in [5.74, 6) is -0.559. The first kappa shape index (κ1) is 19.8. The van der Waals surface area contributed by atoms with E-state index in [9.17, 15) is 18.0 Å². The van der Waals surface area contributed by atoms with Crippen molar-refractivity contribution in [2.75, 3.05) is 7.11 Å². The Morgan fingerprint density at radius 2 is 2.14 bits per heavy atom. The first-order chi connectivity index (χ1) is 13.3. The molecule has 1 aromatic heterocycles. The summed E-state index contributed by atoms with van der Waals surface area (Å²) in [4.78, 5) is 28.9. The van der Waals surface area contributed by atoms with Crippen molar-refractivity contribution in [3.05, 3.63) is 53.9 Å². The van der Waals surface area contributed by atoms with E-state index < -0.39 is 27.9 Å². The number of sulfonamides is 1. The van der Waals surface area contributed by atoms with E-state index in [4.69, 9.17) is 4.74 Å². The van der Waals surface area contributed by atoms with Crippen LogP contribution < -0.4 is 10.1 Å². The maximum atomic E-state index is 13.1. The molecule has 1 saturated heterocycles. The number of rotatable bonds is 6. The van der Waals surface area contributed by atoms with Gasteiger partial charge in [-0.3, -0.25) is 14.6 Å². The fraction of sp³-hybridized carbons (Fsp3) is 0.316. The van der Waals surface area contributed by atoms with Crippen molar-refractivity contribution in [2.24, 2.45) is 0 Å². The molecule has 9 heteroatoms. The summed E-state index contributed by atoms with van der Waals surface area (Å²) in [5.41, 5.74) is 1.40. The van der Waals surface area contributed by atoms with Gasteiger partial charge < -0.3 is 10.1 Å². The third-order valence-corrected chi connectivity index (χ3v) is 6.40. The molecule has 1 atom stereocenters. The summed E-state index contributed by atoms with van der Waals surface area (Å²) in [6, 6.07) is 6.80. The largest absolute Gasteiger partial charge is 0.496 e. The van der Waals surface area contributed by atoms with Crippen LogP contribution in [0.5, 0.6) is 5.75 Å². The molecule has 1 aromatic carbocycles. The normalized spacial score (nSPS) is 16.9. The summed E-state index contributed by atoms with van der Waals surface area (Å²) in [5, 5.41) is 2.69. The van der Waals surface area contributed by atoms with Gasteiger partial charge in [-0.25, -0.2) is 12.7 Å². The van der Waals surface area contributed by atoms with Crippen molar-refractivity contribution in [3.8, 4) is 5.75 Å². The highest BCUT2D eigenvalue weighted by molar-refractivity contribution is 7.89. The fourth-order valence-electron chi connectivity index (χ4n) is 3.14. The van der Waals surface area contributed by atoms with Crippen molar-refractivity contribution < 1.29 is 22.7 Å². The van der Waals surface area contributed by atoms with Crippen LogP contribution in [0.1, 0.15) is 24.0 Å². The second kappa shape index (κ2) is 7.97. The van der Waals surface area contributed by atoms with Gasteiger partial charge in [-0.2, -0.15) is 0 Å². The number of hydrogen-bond donors (Lipinski definition) is 1. The van der Waals surface area contributed by atoms with Gasteiger partial charge in [0.1, 0.15) is 11.8 Å². The zero-order valence-electron chi connectivity index (χ0n) is 15.6. The molecule has 1 aliphatic heterocycles. The molecule has 0 bridgehead atoms. The Hall–Kier alpha value is -2.94. The smallest absolute Gasteiger partial charge is 0.267 e. The van der Waals surface area contributed by atoms with E-state index in [0.717, 1.165) is 5.56 Å². The Morgan fingerprint density at radius 1 is 1.36 bits per heavy atom. The van der Waals surface area contributed by atoms with E-state index in [1.807, 2.05) is 0 Å². The molecule has 0 radical (unpaired) electrons. The number of methoxy groups -OCH3 is 1. The number of benzene rings is 1. The van der Waals surface area contributed by atoms with Crippen molar-refractivity contribution in [3.63, 3.8) is 0 Å². The highest BCUT2D eigenvalue weighted by atomic mass is 32.2. The van der Waals surface area contributed by atoms with Crippen LogP contribution in [0.3, 0.4) is 0 Å². The Kier molecular flexibility index (Phi) is 5.64. The zero-order valence-corrected chi connectivity index (χ0v) is 16.4. The molecule has 0 saturated carbocycles. The number of pyridine rings is 1. The highest BCUT2D eigenvalue weighted by Gasteiger charge is 2.44. The number of aryl methyl sites for hydroxylation is 1. The minimum absolute atomic E-state index is 0.000649. The third-order valence-electron chi connectivity index (χ3n) is 4.58. The predicted octanol–water partition coefficient (Wildman–Crippen LogP) is 1.39. The molecule has 148 valence electrons. The number of nitrogens with zero attached hydrogens (tertiary/aromatic N) is 2. The van der Waals surface area contributed by atoms with Gasteiger partial charge in [0.15, 0.2) is 0 Å². The summed E-state index contributed by atoms with van der Waals surface area (Å²) in [6.45, 7) is 1.91. The molecule has 3 rings (SSSR count). The van der Waals surface area contributed by atoms with Crippen molar-refractivity contribution >= 4 is 21.8 Å². The average molecular weight is 403 g/mol. The van der Waals surface area contributed by atoms with Crippen LogP contribution in [0.25, 0.3) is 0 Å². The van der Waals surface area contributed by atoms with Gasteiger partial charge in [-0.15, -0.1) is 0 Å². The minimum Gasteiger partial charge on any atom is -0.496 e. The van der Waals surface area contributed by atoms with E-state index >= 15 is 0 Å². The van der Waals surface area contributed by atoms with E-state index in [0.29, 0.717) is 15.6 Å². The summed E-state index contributed by atoms with van der Waals surface area (Å²) >= 11 is 0.